The molecule has 1 atom stereocenters. The van der Waals surface area contributed by atoms with E-state index in [-0.39, 0.29) is 36.6 Å². The molecular weight excluding hydrogens is 407 g/mol. The molecule has 1 aromatic heterocycles. The van der Waals surface area contributed by atoms with Gasteiger partial charge in [-0.1, -0.05) is 11.2 Å². The Hall–Kier alpha value is -3.43. The van der Waals surface area contributed by atoms with Gasteiger partial charge >= 0.3 is 6.09 Å². The zero-order valence-corrected chi connectivity index (χ0v) is 17.0. The van der Waals surface area contributed by atoms with Gasteiger partial charge in [-0.05, 0) is 36.5 Å². The lowest BCUT2D eigenvalue weighted by atomic mass is 9.88. The van der Waals surface area contributed by atoms with Crippen LogP contribution in [-0.4, -0.2) is 60.2 Å². The van der Waals surface area contributed by atoms with Crippen LogP contribution in [0.2, 0.25) is 0 Å². The van der Waals surface area contributed by atoms with Gasteiger partial charge in [0.05, 0.1) is 25.0 Å². The number of amides is 3. The first-order valence-corrected chi connectivity index (χ1v) is 10.1. The van der Waals surface area contributed by atoms with E-state index in [1.54, 1.807) is 17.0 Å². The van der Waals surface area contributed by atoms with Crippen LogP contribution in [0.5, 0.6) is 0 Å². The predicted molar refractivity (Wildman–Crippen MR) is 107 cm³/mol. The molecule has 0 spiro atoms. The Balaban J connectivity index is 1.38. The highest BCUT2D eigenvalue weighted by Gasteiger charge is 2.33. The second kappa shape index (κ2) is 8.75. The number of cyclic esters (lactones) is 1. The van der Waals surface area contributed by atoms with Crippen molar-refractivity contribution in [3.63, 3.8) is 0 Å². The van der Waals surface area contributed by atoms with Gasteiger partial charge in [0, 0.05) is 26.1 Å². The maximum atomic E-state index is 14.9. The van der Waals surface area contributed by atoms with Gasteiger partial charge in [0.15, 0.2) is 0 Å². The van der Waals surface area contributed by atoms with Crippen LogP contribution in [0.25, 0.3) is 0 Å². The Kier molecular flexibility index (Phi) is 5.88. The summed E-state index contributed by atoms with van der Waals surface area (Å²) in [7, 11) is 0. The first-order valence-electron chi connectivity index (χ1n) is 10.1. The van der Waals surface area contributed by atoms with E-state index in [0.29, 0.717) is 37.2 Å². The van der Waals surface area contributed by atoms with Crippen LogP contribution in [-0.2, 0) is 9.53 Å². The third kappa shape index (κ3) is 4.52. The van der Waals surface area contributed by atoms with Crippen molar-refractivity contribution >= 4 is 23.6 Å². The SMILES string of the molecule is CC(=O)NCC1CN(c2ccc(C3CCN(C(=O)c4ccno4)CC3)c(F)c2)C(=O)O1. The molecule has 3 amide bonds. The van der Waals surface area contributed by atoms with Crippen molar-refractivity contribution in [2.75, 3.05) is 31.1 Å². The van der Waals surface area contributed by atoms with E-state index in [1.807, 2.05) is 0 Å². The number of rotatable bonds is 5. The van der Waals surface area contributed by atoms with Crippen LogP contribution >= 0.6 is 0 Å². The molecule has 10 heteroatoms. The molecule has 31 heavy (non-hydrogen) atoms. The lowest BCUT2D eigenvalue weighted by Gasteiger charge is -2.31. The second-order valence-corrected chi connectivity index (χ2v) is 7.70. The summed E-state index contributed by atoms with van der Waals surface area (Å²) in [6, 6.07) is 6.25. The number of aromatic nitrogens is 1. The Morgan fingerprint density at radius 2 is 2.03 bits per heavy atom. The average molecular weight is 430 g/mol. The van der Waals surface area contributed by atoms with Gasteiger partial charge in [-0.15, -0.1) is 0 Å². The number of hydrogen-bond donors (Lipinski definition) is 1. The molecule has 3 heterocycles. The van der Waals surface area contributed by atoms with Crippen LogP contribution in [0, 0.1) is 5.82 Å². The van der Waals surface area contributed by atoms with Gasteiger partial charge in [-0.25, -0.2) is 9.18 Å². The largest absolute Gasteiger partial charge is 0.442 e. The smallest absolute Gasteiger partial charge is 0.414 e. The number of nitrogens with zero attached hydrogens (tertiary/aromatic N) is 3. The summed E-state index contributed by atoms with van der Waals surface area (Å²) >= 11 is 0. The first kappa shape index (κ1) is 20.8. The fraction of sp³-hybridized carbons (Fsp3) is 0.429. The molecule has 9 nitrogen and oxygen atoms in total. The zero-order chi connectivity index (χ0) is 22.0. The van der Waals surface area contributed by atoms with Gasteiger partial charge in [0.25, 0.3) is 5.91 Å². The quantitative estimate of drug-likeness (QED) is 0.781. The van der Waals surface area contributed by atoms with Crippen molar-refractivity contribution in [1.29, 1.82) is 0 Å². The van der Waals surface area contributed by atoms with Gasteiger partial charge < -0.3 is 19.5 Å². The number of hydrogen-bond acceptors (Lipinski definition) is 6. The van der Waals surface area contributed by atoms with Crippen LogP contribution in [0.15, 0.2) is 35.0 Å². The number of ether oxygens (including phenoxy) is 1. The Labute approximate surface area is 178 Å². The highest BCUT2D eigenvalue weighted by atomic mass is 19.1. The topological polar surface area (TPSA) is 105 Å². The number of benzene rings is 1. The summed E-state index contributed by atoms with van der Waals surface area (Å²) in [5, 5.41) is 6.16. The highest BCUT2D eigenvalue weighted by molar-refractivity contribution is 5.91. The Morgan fingerprint density at radius 3 is 2.68 bits per heavy atom. The third-order valence-corrected chi connectivity index (χ3v) is 5.62. The summed E-state index contributed by atoms with van der Waals surface area (Å²) < 4.78 is 25.1. The fourth-order valence-corrected chi connectivity index (χ4v) is 3.99. The molecular formula is C21H23FN4O5. The van der Waals surface area contributed by atoms with Crippen LogP contribution in [0.4, 0.5) is 14.9 Å². The molecule has 2 fully saturated rings. The number of anilines is 1. The van der Waals surface area contributed by atoms with Crippen molar-refractivity contribution in [2.45, 2.75) is 31.8 Å². The van der Waals surface area contributed by atoms with E-state index in [1.165, 1.54) is 30.2 Å². The van der Waals surface area contributed by atoms with Crippen LogP contribution < -0.4 is 10.2 Å². The van der Waals surface area contributed by atoms with Gasteiger partial charge in [0.1, 0.15) is 11.9 Å². The number of piperidine rings is 1. The third-order valence-electron chi connectivity index (χ3n) is 5.62. The average Bonchev–Trinajstić information content (AvgIpc) is 3.42. The highest BCUT2D eigenvalue weighted by Crippen LogP contribution is 2.33. The maximum Gasteiger partial charge on any atom is 0.414 e. The summed E-state index contributed by atoms with van der Waals surface area (Å²) in [5.74, 6) is -0.642. The lowest BCUT2D eigenvalue weighted by molar-refractivity contribution is -0.119. The van der Waals surface area contributed by atoms with E-state index in [2.05, 4.69) is 10.5 Å². The molecule has 1 N–H and O–H groups in total. The molecule has 0 saturated carbocycles. The molecule has 1 unspecified atom stereocenters. The molecule has 2 aliphatic heterocycles. The van der Waals surface area contributed by atoms with Crippen molar-refractivity contribution < 1.29 is 28.0 Å². The fourth-order valence-electron chi connectivity index (χ4n) is 3.99. The van der Waals surface area contributed by atoms with E-state index in [0.717, 1.165) is 0 Å². The molecule has 0 aliphatic carbocycles. The molecule has 164 valence electrons. The van der Waals surface area contributed by atoms with Crippen molar-refractivity contribution in [1.82, 2.24) is 15.4 Å². The normalized spacial score (nSPS) is 19.4. The van der Waals surface area contributed by atoms with Gasteiger partial charge in [-0.3, -0.25) is 14.5 Å². The van der Waals surface area contributed by atoms with Gasteiger partial charge in [0.2, 0.25) is 11.7 Å². The Bertz CT molecular complexity index is 972. The first-order chi connectivity index (χ1) is 14.9. The molecule has 0 bridgehead atoms. The standard InChI is InChI=1S/C21H23FN4O5/c1-13(27)23-11-16-12-26(21(29)30-16)15-2-3-17(18(22)10-15)14-5-8-25(9-6-14)20(28)19-4-7-24-31-19/h2-4,7,10,14,16H,5-6,8-9,11-12H2,1H3,(H,23,27). The summed E-state index contributed by atoms with van der Waals surface area (Å²) in [4.78, 5) is 38.6. The Morgan fingerprint density at radius 1 is 1.26 bits per heavy atom. The molecule has 2 aromatic rings. The second-order valence-electron chi connectivity index (χ2n) is 7.70. The molecule has 2 saturated heterocycles. The van der Waals surface area contributed by atoms with Gasteiger partial charge in [-0.2, -0.15) is 0 Å². The number of carbonyl (C=O) groups is 3. The minimum absolute atomic E-state index is 0.0223. The number of likely N-dealkylation sites (tertiary alicyclic amines) is 1. The maximum absolute atomic E-state index is 14.9. The monoisotopic (exact) mass is 430 g/mol. The van der Waals surface area contributed by atoms with E-state index in [9.17, 15) is 18.8 Å². The summed E-state index contributed by atoms with van der Waals surface area (Å²) in [6.07, 6.45) is 1.63. The number of halogens is 1. The molecule has 4 rings (SSSR count). The lowest BCUT2D eigenvalue weighted by Crippen LogP contribution is -2.38. The minimum atomic E-state index is -0.568. The zero-order valence-electron chi connectivity index (χ0n) is 17.0. The number of nitrogens with one attached hydrogen (secondary N) is 1. The molecule has 0 radical (unpaired) electrons. The van der Waals surface area contributed by atoms with Crippen molar-refractivity contribution in [3.05, 3.63) is 47.6 Å². The predicted octanol–water partition coefficient (Wildman–Crippen LogP) is 2.29. The number of carbonyl (C=O) groups excluding carboxylic acids is 3. The van der Waals surface area contributed by atoms with E-state index in [4.69, 9.17) is 9.26 Å². The van der Waals surface area contributed by atoms with Crippen molar-refractivity contribution in [3.8, 4) is 0 Å². The molecule has 2 aliphatic rings. The molecule has 1 aromatic carbocycles. The summed E-state index contributed by atoms with van der Waals surface area (Å²) in [5.41, 5.74) is 0.979. The summed E-state index contributed by atoms with van der Waals surface area (Å²) in [6.45, 7) is 2.82. The van der Waals surface area contributed by atoms with Crippen molar-refractivity contribution in [2.24, 2.45) is 0 Å². The minimum Gasteiger partial charge on any atom is -0.442 e. The van der Waals surface area contributed by atoms with Crippen LogP contribution in [0.3, 0.4) is 0 Å². The van der Waals surface area contributed by atoms with E-state index >= 15 is 0 Å². The van der Waals surface area contributed by atoms with E-state index < -0.39 is 18.0 Å². The van der Waals surface area contributed by atoms with Crippen LogP contribution in [0.1, 0.15) is 41.8 Å².